The molecule has 2 aliphatic rings. The van der Waals surface area contributed by atoms with Crippen molar-refractivity contribution < 1.29 is 51.0 Å². The number of fused-ring (bicyclic) bond motifs is 2. The molecular weight excluding hydrogens is 550 g/mol. The van der Waals surface area contributed by atoms with Gasteiger partial charge in [-0.25, -0.2) is 0 Å². The molecule has 5 heteroatoms. The number of para-hydroxylation sites is 2. The molecule has 0 spiro atoms. The summed E-state index contributed by atoms with van der Waals surface area (Å²) in [5.41, 5.74) is 13.7. The van der Waals surface area contributed by atoms with Crippen LogP contribution < -0.4 is 24.8 Å². The van der Waals surface area contributed by atoms with Crippen molar-refractivity contribution in [1.29, 1.82) is 0 Å². The molecule has 2 aromatic carbocycles. The van der Waals surface area contributed by atoms with Crippen LogP contribution in [0.3, 0.4) is 0 Å². The fourth-order valence-corrected chi connectivity index (χ4v) is 5.06. The van der Waals surface area contributed by atoms with E-state index >= 15 is 0 Å². The molecule has 4 aromatic rings. The van der Waals surface area contributed by atoms with Crippen LogP contribution in [0.1, 0.15) is 47.8 Å². The number of aryl methyl sites for hydroxylation is 2. The summed E-state index contributed by atoms with van der Waals surface area (Å²) in [6.07, 6.45) is 6.82. The van der Waals surface area contributed by atoms with Crippen molar-refractivity contribution in [2.75, 3.05) is 0 Å². The summed E-state index contributed by atoms with van der Waals surface area (Å²) >= 11 is 0. The summed E-state index contributed by atoms with van der Waals surface area (Å²) in [7, 11) is 0. The smallest absolute Gasteiger partial charge is 1.00 e. The second-order valence-electron chi connectivity index (χ2n) is 9.07. The first-order chi connectivity index (χ1) is 15.5. The van der Waals surface area contributed by atoms with Crippen molar-refractivity contribution in [2.45, 2.75) is 40.5 Å². The van der Waals surface area contributed by atoms with Crippen LogP contribution in [0.2, 0.25) is 0 Å². The van der Waals surface area contributed by atoms with E-state index in [2.05, 4.69) is 122 Å². The molecular formula is C30H30Cl2N2Zr. The van der Waals surface area contributed by atoms with Crippen LogP contribution in [-0.4, -0.2) is 9.13 Å². The minimum Gasteiger partial charge on any atom is -1.00 e. The third-order valence-electron chi connectivity index (χ3n) is 6.35. The molecule has 0 fully saturated rings. The molecule has 35 heavy (non-hydrogen) atoms. The molecule has 0 radical (unpaired) electrons. The average Bonchev–Trinajstić information content (AvgIpc) is 3.47. The third-order valence-corrected chi connectivity index (χ3v) is 6.35. The van der Waals surface area contributed by atoms with Gasteiger partial charge in [0, 0.05) is 34.2 Å². The first-order valence-corrected chi connectivity index (χ1v) is 11.4. The van der Waals surface area contributed by atoms with Crippen LogP contribution in [0.25, 0.3) is 23.5 Å². The van der Waals surface area contributed by atoms with E-state index in [1.54, 1.807) is 0 Å². The molecule has 0 saturated heterocycles. The van der Waals surface area contributed by atoms with Gasteiger partial charge >= 0.3 is 26.2 Å². The first kappa shape index (κ1) is 29.2. The van der Waals surface area contributed by atoms with Crippen LogP contribution in [0.15, 0.2) is 83.9 Å². The summed E-state index contributed by atoms with van der Waals surface area (Å²) in [4.78, 5) is 0. The fraction of sp³-hybridized carbons (Fsp3) is 0.200. The molecule has 2 nitrogen and oxygen atoms in total. The Morgan fingerprint density at radius 1 is 0.543 bits per heavy atom. The normalized spacial score (nSPS) is 12.6. The molecule has 6 rings (SSSR count). The fourth-order valence-electron chi connectivity index (χ4n) is 5.06. The Kier molecular flexibility index (Phi) is 10.2. The van der Waals surface area contributed by atoms with E-state index in [-0.39, 0.29) is 51.0 Å². The van der Waals surface area contributed by atoms with Crippen LogP contribution in [0.5, 0.6) is 0 Å². The van der Waals surface area contributed by atoms with E-state index in [1.807, 2.05) is 0 Å². The molecule has 0 N–H and O–H groups in total. The molecule has 0 bridgehead atoms. The van der Waals surface area contributed by atoms with Crippen molar-refractivity contribution in [1.82, 2.24) is 9.13 Å². The minimum atomic E-state index is 0. The van der Waals surface area contributed by atoms with Crippen molar-refractivity contribution >= 4 is 12.2 Å². The van der Waals surface area contributed by atoms with E-state index < -0.39 is 0 Å². The quantitative estimate of drug-likeness (QED) is 0.340. The second kappa shape index (κ2) is 12.3. The molecule has 0 atom stereocenters. The Morgan fingerprint density at radius 3 is 1.23 bits per heavy atom. The van der Waals surface area contributed by atoms with Gasteiger partial charge in [0.15, 0.2) is 0 Å². The van der Waals surface area contributed by atoms with E-state index in [9.17, 15) is 0 Å². The predicted molar refractivity (Wildman–Crippen MR) is 136 cm³/mol. The van der Waals surface area contributed by atoms with Gasteiger partial charge in [-0.1, -0.05) is 47.5 Å². The summed E-state index contributed by atoms with van der Waals surface area (Å²) in [6, 6.07) is 25.7. The van der Waals surface area contributed by atoms with E-state index in [4.69, 9.17) is 0 Å². The maximum Gasteiger partial charge on any atom is 2.00 e. The summed E-state index contributed by atoms with van der Waals surface area (Å²) in [5, 5.41) is 0. The molecule has 0 unspecified atom stereocenters. The van der Waals surface area contributed by atoms with Crippen molar-refractivity contribution in [3.05, 3.63) is 118 Å². The number of hydrogen-bond acceptors (Lipinski definition) is 0. The second-order valence-corrected chi connectivity index (χ2v) is 9.07. The summed E-state index contributed by atoms with van der Waals surface area (Å²) in [5.74, 6) is 0. The van der Waals surface area contributed by atoms with Gasteiger partial charge in [0.2, 0.25) is 0 Å². The van der Waals surface area contributed by atoms with Crippen LogP contribution in [0, 0.1) is 13.8 Å². The maximum absolute atomic E-state index is 2.34. The van der Waals surface area contributed by atoms with E-state index in [1.165, 1.54) is 56.4 Å². The SMILES string of the molecule is CC1=Cc2c(cc(C)n2-c2ccccc2)C1.CC1=Cc2c(cc(C)n2-c2ccccc2)C1.[Cl-].[Cl-].[Zr+2]. The molecule has 178 valence electrons. The summed E-state index contributed by atoms with van der Waals surface area (Å²) < 4.78 is 4.68. The first-order valence-electron chi connectivity index (χ1n) is 11.4. The van der Waals surface area contributed by atoms with Crippen molar-refractivity contribution in [2.24, 2.45) is 0 Å². The van der Waals surface area contributed by atoms with Gasteiger partial charge in [-0.05, 0) is 100 Å². The van der Waals surface area contributed by atoms with Gasteiger partial charge in [0.05, 0.1) is 0 Å². The zero-order valence-corrected chi connectivity index (χ0v) is 24.6. The number of nitrogens with zero attached hydrogens (tertiary/aromatic N) is 2. The van der Waals surface area contributed by atoms with Crippen LogP contribution >= 0.6 is 0 Å². The van der Waals surface area contributed by atoms with Crippen LogP contribution in [0.4, 0.5) is 0 Å². The van der Waals surface area contributed by atoms with Gasteiger partial charge < -0.3 is 33.9 Å². The summed E-state index contributed by atoms with van der Waals surface area (Å²) in [6.45, 7) is 8.75. The number of hydrogen-bond donors (Lipinski definition) is 0. The van der Waals surface area contributed by atoms with Gasteiger partial charge in [-0.15, -0.1) is 0 Å². The number of rotatable bonds is 2. The predicted octanol–water partition coefficient (Wildman–Crippen LogP) is 1.50. The number of halogens is 2. The van der Waals surface area contributed by atoms with Crippen molar-refractivity contribution in [3.8, 4) is 11.4 Å². The topological polar surface area (TPSA) is 9.86 Å². The van der Waals surface area contributed by atoms with E-state index in [0.29, 0.717) is 0 Å². The zero-order chi connectivity index (χ0) is 22.2. The average molecular weight is 581 g/mol. The van der Waals surface area contributed by atoms with Gasteiger partial charge in [-0.3, -0.25) is 0 Å². The Morgan fingerprint density at radius 2 is 0.886 bits per heavy atom. The molecule has 2 aliphatic carbocycles. The van der Waals surface area contributed by atoms with Gasteiger partial charge in [0.25, 0.3) is 0 Å². The monoisotopic (exact) mass is 578 g/mol. The number of aromatic nitrogens is 2. The van der Waals surface area contributed by atoms with Gasteiger partial charge in [-0.2, -0.15) is 0 Å². The van der Waals surface area contributed by atoms with Gasteiger partial charge in [0.1, 0.15) is 0 Å². The van der Waals surface area contributed by atoms with E-state index in [0.717, 1.165) is 12.8 Å². The molecule has 2 heterocycles. The maximum atomic E-state index is 2.34. The number of allylic oxidation sites excluding steroid dienone is 2. The third kappa shape index (κ3) is 5.85. The Balaban J connectivity index is 0.000000227. The largest absolute Gasteiger partial charge is 2.00 e. The zero-order valence-electron chi connectivity index (χ0n) is 20.6. The standard InChI is InChI=1S/2C15H15N.2ClH.Zr/c2*1-11-8-13-10-12(2)16(15(13)9-11)14-6-4-3-5-7-14;;;/h2*3-7,9-10H,8H2,1-2H3;2*1H;/q;;;;+2/p-2. The molecule has 2 aromatic heterocycles. The Bertz CT molecular complexity index is 1240. The van der Waals surface area contributed by atoms with Crippen LogP contribution in [-0.2, 0) is 39.0 Å². The number of benzene rings is 2. The minimum absolute atomic E-state index is 0. The molecule has 0 saturated carbocycles. The van der Waals surface area contributed by atoms with Crippen molar-refractivity contribution in [3.63, 3.8) is 0 Å². The molecule has 0 amide bonds. The Hall–Kier alpha value is -2.06. The molecule has 0 aliphatic heterocycles. The Labute approximate surface area is 240 Å².